The molecule has 3 heteroatoms. The zero-order valence-corrected chi connectivity index (χ0v) is 8.96. The number of hydrogen-bond acceptors (Lipinski definition) is 2. The molecule has 2 atom stereocenters. The zero-order valence-electron chi connectivity index (χ0n) is 8.96. The smallest absolute Gasteiger partial charge is 0.219 e. The van der Waals surface area contributed by atoms with Gasteiger partial charge in [0.05, 0.1) is 0 Å². The molecule has 2 saturated heterocycles. The highest BCUT2D eigenvalue weighted by molar-refractivity contribution is 5.73. The summed E-state index contributed by atoms with van der Waals surface area (Å²) < 4.78 is 0. The molecule has 0 unspecified atom stereocenters. The average Bonchev–Trinajstić information content (AvgIpc) is 2.51. The van der Waals surface area contributed by atoms with Gasteiger partial charge >= 0.3 is 0 Å². The van der Waals surface area contributed by atoms with E-state index in [9.17, 15) is 4.79 Å². The van der Waals surface area contributed by atoms with E-state index < -0.39 is 0 Å². The van der Waals surface area contributed by atoms with Gasteiger partial charge in [0.25, 0.3) is 0 Å². The molecular formula is C11H20N2O. The summed E-state index contributed by atoms with van der Waals surface area (Å²) in [5, 5.41) is 3.52. The van der Waals surface area contributed by atoms with Crippen molar-refractivity contribution in [2.24, 2.45) is 0 Å². The highest BCUT2D eigenvalue weighted by atomic mass is 16.2. The van der Waals surface area contributed by atoms with Gasteiger partial charge in [-0.15, -0.1) is 0 Å². The number of rotatable bonds is 0. The number of likely N-dealkylation sites (tertiary alicyclic amines) is 1. The molecule has 0 aromatic rings. The van der Waals surface area contributed by atoms with Gasteiger partial charge in [-0.1, -0.05) is 12.8 Å². The minimum atomic E-state index is 0.255. The average molecular weight is 196 g/mol. The van der Waals surface area contributed by atoms with Crippen LogP contribution in [0.3, 0.4) is 0 Å². The van der Waals surface area contributed by atoms with E-state index in [1.807, 2.05) is 0 Å². The lowest BCUT2D eigenvalue weighted by Crippen LogP contribution is -2.47. The summed E-state index contributed by atoms with van der Waals surface area (Å²) >= 11 is 0. The summed E-state index contributed by atoms with van der Waals surface area (Å²) in [5.41, 5.74) is 0. The molecule has 14 heavy (non-hydrogen) atoms. The second kappa shape index (κ2) is 4.30. The third-order valence-corrected chi connectivity index (χ3v) is 3.53. The van der Waals surface area contributed by atoms with Crippen LogP contribution in [0.25, 0.3) is 0 Å². The number of amides is 1. The third kappa shape index (κ3) is 1.92. The molecule has 1 amide bonds. The molecule has 2 rings (SSSR count). The van der Waals surface area contributed by atoms with E-state index in [1.54, 1.807) is 6.92 Å². The predicted molar refractivity (Wildman–Crippen MR) is 56.1 cm³/mol. The molecule has 2 aliphatic rings. The molecule has 0 aromatic heterocycles. The van der Waals surface area contributed by atoms with E-state index in [0.717, 1.165) is 19.5 Å². The van der Waals surface area contributed by atoms with Gasteiger partial charge < -0.3 is 10.2 Å². The Morgan fingerprint density at radius 2 is 2.14 bits per heavy atom. The lowest BCUT2D eigenvalue weighted by Gasteiger charge is -2.34. The lowest BCUT2D eigenvalue weighted by molar-refractivity contribution is -0.131. The van der Waals surface area contributed by atoms with Crippen LogP contribution in [0.2, 0.25) is 0 Å². The lowest BCUT2D eigenvalue weighted by atomic mass is 9.98. The fourth-order valence-electron chi connectivity index (χ4n) is 2.80. The number of fused-ring (bicyclic) bond motifs is 1. The molecule has 80 valence electrons. The Kier molecular flexibility index (Phi) is 3.06. The maximum atomic E-state index is 11.5. The second-order valence-electron chi connectivity index (χ2n) is 4.48. The zero-order chi connectivity index (χ0) is 9.97. The van der Waals surface area contributed by atoms with Crippen molar-refractivity contribution >= 4 is 5.91 Å². The summed E-state index contributed by atoms with van der Waals surface area (Å²) in [6.45, 7) is 3.76. The van der Waals surface area contributed by atoms with Crippen LogP contribution in [0, 0.1) is 0 Å². The Morgan fingerprint density at radius 3 is 2.93 bits per heavy atom. The second-order valence-corrected chi connectivity index (χ2v) is 4.48. The summed E-state index contributed by atoms with van der Waals surface area (Å²) in [7, 11) is 0. The summed E-state index contributed by atoms with van der Waals surface area (Å²) in [4.78, 5) is 13.6. The maximum absolute atomic E-state index is 11.5. The summed E-state index contributed by atoms with van der Waals surface area (Å²) in [6, 6.07) is 1.05. The van der Waals surface area contributed by atoms with E-state index in [4.69, 9.17) is 0 Å². The Morgan fingerprint density at radius 1 is 1.29 bits per heavy atom. The summed E-state index contributed by atoms with van der Waals surface area (Å²) in [5.74, 6) is 0.255. The molecule has 1 N–H and O–H groups in total. The number of nitrogens with one attached hydrogen (secondary N) is 1. The van der Waals surface area contributed by atoms with Crippen molar-refractivity contribution in [1.29, 1.82) is 0 Å². The summed E-state index contributed by atoms with van der Waals surface area (Å²) in [6.07, 6.45) is 6.16. The van der Waals surface area contributed by atoms with Gasteiger partial charge in [-0.3, -0.25) is 4.79 Å². The van der Waals surface area contributed by atoms with Crippen molar-refractivity contribution in [3.63, 3.8) is 0 Å². The standard InChI is InChI=1S/C11H20N2O/c1-9(14)13-8-4-2-3-5-10-11(13)6-7-12-10/h10-12H,2-8H2,1H3/t10-,11+/m0/s1. The van der Waals surface area contributed by atoms with Crippen molar-refractivity contribution in [2.75, 3.05) is 13.1 Å². The molecule has 0 spiro atoms. The number of hydrogen-bond donors (Lipinski definition) is 1. The minimum Gasteiger partial charge on any atom is -0.338 e. The SMILES string of the molecule is CC(=O)N1CCCCC[C@@H]2NCC[C@H]21. The van der Waals surface area contributed by atoms with E-state index in [2.05, 4.69) is 10.2 Å². The van der Waals surface area contributed by atoms with Crippen LogP contribution in [0.4, 0.5) is 0 Å². The number of nitrogens with zero attached hydrogens (tertiary/aromatic N) is 1. The van der Waals surface area contributed by atoms with Crippen molar-refractivity contribution in [3.05, 3.63) is 0 Å². The maximum Gasteiger partial charge on any atom is 0.219 e. The first kappa shape index (κ1) is 9.97. The van der Waals surface area contributed by atoms with Crippen molar-refractivity contribution < 1.29 is 4.79 Å². The van der Waals surface area contributed by atoms with Crippen LogP contribution < -0.4 is 5.32 Å². The number of carbonyl (C=O) groups excluding carboxylic acids is 1. The van der Waals surface area contributed by atoms with Crippen LogP contribution in [-0.2, 0) is 4.79 Å². The monoisotopic (exact) mass is 196 g/mol. The van der Waals surface area contributed by atoms with Crippen LogP contribution in [0.15, 0.2) is 0 Å². The minimum absolute atomic E-state index is 0.255. The predicted octanol–water partition coefficient (Wildman–Crippen LogP) is 1.14. The molecule has 0 saturated carbocycles. The molecule has 0 bridgehead atoms. The van der Waals surface area contributed by atoms with E-state index in [1.165, 1.54) is 25.7 Å². The topological polar surface area (TPSA) is 32.3 Å². The van der Waals surface area contributed by atoms with Gasteiger partial charge in [0, 0.05) is 25.6 Å². The van der Waals surface area contributed by atoms with Gasteiger partial charge in [-0.2, -0.15) is 0 Å². The van der Waals surface area contributed by atoms with Crippen LogP contribution in [0.5, 0.6) is 0 Å². The van der Waals surface area contributed by atoms with Gasteiger partial charge in [0.15, 0.2) is 0 Å². The van der Waals surface area contributed by atoms with Crippen LogP contribution >= 0.6 is 0 Å². The van der Waals surface area contributed by atoms with Crippen LogP contribution in [-0.4, -0.2) is 36.0 Å². The van der Waals surface area contributed by atoms with E-state index in [0.29, 0.717) is 12.1 Å². The molecule has 2 heterocycles. The van der Waals surface area contributed by atoms with Crippen molar-refractivity contribution in [3.8, 4) is 0 Å². The van der Waals surface area contributed by atoms with Gasteiger partial charge in [0.1, 0.15) is 0 Å². The highest BCUT2D eigenvalue weighted by Crippen LogP contribution is 2.23. The Balaban J connectivity index is 2.08. The molecular weight excluding hydrogens is 176 g/mol. The Labute approximate surface area is 85.8 Å². The van der Waals surface area contributed by atoms with Gasteiger partial charge in [-0.05, 0) is 25.8 Å². The first-order valence-electron chi connectivity index (χ1n) is 5.79. The van der Waals surface area contributed by atoms with E-state index in [-0.39, 0.29) is 5.91 Å². The van der Waals surface area contributed by atoms with Crippen molar-refractivity contribution in [1.82, 2.24) is 10.2 Å². The van der Waals surface area contributed by atoms with Crippen LogP contribution in [0.1, 0.15) is 39.0 Å². The molecule has 0 aliphatic carbocycles. The highest BCUT2D eigenvalue weighted by Gasteiger charge is 2.33. The molecule has 2 fully saturated rings. The van der Waals surface area contributed by atoms with Gasteiger partial charge in [0.2, 0.25) is 5.91 Å². The molecule has 3 nitrogen and oxygen atoms in total. The first-order valence-corrected chi connectivity index (χ1v) is 5.79. The fraction of sp³-hybridized carbons (Fsp3) is 0.909. The first-order chi connectivity index (χ1) is 6.79. The third-order valence-electron chi connectivity index (χ3n) is 3.53. The molecule has 0 aromatic carbocycles. The van der Waals surface area contributed by atoms with E-state index >= 15 is 0 Å². The number of carbonyl (C=O) groups is 1. The van der Waals surface area contributed by atoms with Crippen molar-refractivity contribution in [2.45, 2.75) is 51.1 Å². The molecule has 2 aliphatic heterocycles. The largest absolute Gasteiger partial charge is 0.338 e. The molecule has 0 radical (unpaired) electrons. The Bertz CT molecular complexity index is 217. The Hall–Kier alpha value is -0.570. The fourth-order valence-corrected chi connectivity index (χ4v) is 2.80. The van der Waals surface area contributed by atoms with Gasteiger partial charge in [-0.25, -0.2) is 0 Å². The quantitative estimate of drug-likeness (QED) is 0.630. The normalized spacial score (nSPS) is 33.4.